The Balaban J connectivity index is 2.45. The van der Waals surface area contributed by atoms with Crippen LogP contribution in [0, 0.1) is 0 Å². The number of carbonyl (C=O) groups excluding carboxylic acids is 1. The molecule has 0 bridgehead atoms. The van der Waals surface area contributed by atoms with Crippen LogP contribution < -0.4 is 11.1 Å². The highest BCUT2D eigenvalue weighted by molar-refractivity contribution is 5.89. The van der Waals surface area contributed by atoms with Crippen LogP contribution in [-0.4, -0.2) is 50.1 Å². The number of rotatable bonds is 4. The van der Waals surface area contributed by atoms with Crippen LogP contribution >= 0.6 is 0 Å². The van der Waals surface area contributed by atoms with Crippen molar-refractivity contribution in [2.24, 2.45) is 0 Å². The number of carbonyl (C=O) groups is 1. The number of urea groups is 1. The number of nitrogens with one attached hydrogen (secondary N) is 1. The lowest BCUT2D eigenvalue weighted by Gasteiger charge is -2.20. The summed E-state index contributed by atoms with van der Waals surface area (Å²) in [5.74, 6) is 0. The van der Waals surface area contributed by atoms with Gasteiger partial charge in [-0.3, -0.25) is 0 Å². The predicted octanol–water partition coefficient (Wildman–Crippen LogP) is 1.29. The van der Waals surface area contributed by atoms with E-state index in [-0.39, 0.29) is 6.03 Å². The average Bonchev–Trinajstić information content (AvgIpc) is 2.28. The Labute approximate surface area is 102 Å². The molecule has 0 saturated heterocycles. The Morgan fingerprint density at radius 3 is 2.29 bits per heavy atom. The number of nitrogens with two attached hydrogens (primary N) is 1. The van der Waals surface area contributed by atoms with E-state index in [1.165, 1.54) is 0 Å². The van der Waals surface area contributed by atoms with Crippen molar-refractivity contribution in [3.8, 4) is 0 Å². The summed E-state index contributed by atoms with van der Waals surface area (Å²) in [6.07, 6.45) is 0. The van der Waals surface area contributed by atoms with Gasteiger partial charge < -0.3 is 20.9 Å². The topological polar surface area (TPSA) is 61.6 Å². The zero-order valence-electron chi connectivity index (χ0n) is 10.6. The summed E-state index contributed by atoms with van der Waals surface area (Å²) in [6, 6.07) is 6.97. The van der Waals surface area contributed by atoms with Gasteiger partial charge in [0.05, 0.1) is 0 Å². The highest BCUT2D eigenvalue weighted by atomic mass is 16.2. The summed E-state index contributed by atoms with van der Waals surface area (Å²) in [4.78, 5) is 15.5. The van der Waals surface area contributed by atoms with Crippen molar-refractivity contribution in [3.05, 3.63) is 24.3 Å². The lowest BCUT2D eigenvalue weighted by atomic mass is 10.3. The third-order valence-electron chi connectivity index (χ3n) is 2.39. The van der Waals surface area contributed by atoms with Crippen molar-refractivity contribution < 1.29 is 4.79 Å². The fraction of sp³-hybridized carbons (Fsp3) is 0.417. The smallest absolute Gasteiger partial charge is 0.321 e. The number of anilines is 2. The minimum Gasteiger partial charge on any atom is -0.399 e. The van der Waals surface area contributed by atoms with E-state index in [1.54, 1.807) is 36.2 Å². The van der Waals surface area contributed by atoms with Gasteiger partial charge in [-0.1, -0.05) is 0 Å². The molecule has 5 nitrogen and oxygen atoms in total. The molecule has 5 heteroatoms. The maximum absolute atomic E-state index is 11.8. The molecule has 0 unspecified atom stereocenters. The van der Waals surface area contributed by atoms with Crippen molar-refractivity contribution in [2.75, 3.05) is 45.3 Å². The summed E-state index contributed by atoms with van der Waals surface area (Å²) in [5, 5.41) is 2.81. The molecule has 94 valence electrons. The Morgan fingerprint density at radius 2 is 1.76 bits per heavy atom. The molecule has 2 amide bonds. The molecule has 3 N–H and O–H groups in total. The van der Waals surface area contributed by atoms with Crippen LogP contribution in [0.1, 0.15) is 0 Å². The van der Waals surface area contributed by atoms with Crippen molar-refractivity contribution >= 4 is 17.4 Å². The van der Waals surface area contributed by atoms with E-state index in [4.69, 9.17) is 5.73 Å². The van der Waals surface area contributed by atoms with Gasteiger partial charge in [0.25, 0.3) is 0 Å². The van der Waals surface area contributed by atoms with Gasteiger partial charge in [0, 0.05) is 31.5 Å². The van der Waals surface area contributed by atoms with Gasteiger partial charge in [0.15, 0.2) is 0 Å². The molecule has 0 aliphatic rings. The molecule has 0 heterocycles. The molecule has 0 aromatic heterocycles. The van der Waals surface area contributed by atoms with Crippen molar-refractivity contribution in [1.29, 1.82) is 0 Å². The molecule has 17 heavy (non-hydrogen) atoms. The van der Waals surface area contributed by atoms with Gasteiger partial charge in [-0.25, -0.2) is 4.79 Å². The summed E-state index contributed by atoms with van der Waals surface area (Å²) in [6.45, 7) is 1.53. The fourth-order valence-electron chi connectivity index (χ4n) is 1.24. The molecule has 0 atom stereocenters. The van der Waals surface area contributed by atoms with Crippen LogP contribution in [-0.2, 0) is 0 Å². The first-order valence-corrected chi connectivity index (χ1v) is 5.51. The second kappa shape index (κ2) is 6.10. The van der Waals surface area contributed by atoms with Crippen LogP contribution in [0.15, 0.2) is 24.3 Å². The summed E-state index contributed by atoms with van der Waals surface area (Å²) >= 11 is 0. The third-order valence-corrected chi connectivity index (χ3v) is 2.39. The molecule has 1 rings (SSSR count). The molecule has 0 aliphatic carbocycles. The van der Waals surface area contributed by atoms with Crippen molar-refractivity contribution in [1.82, 2.24) is 9.80 Å². The minimum absolute atomic E-state index is 0.114. The number of hydrogen-bond acceptors (Lipinski definition) is 3. The second-order valence-corrected chi connectivity index (χ2v) is 4.28. The average molecular weight is 236 g/mol. The minimum atomic E-state index is -0.114. The Kier molecular flexibility index (Phi) is 4.78. The molecule has 0 fully saturated rings. The number of likely N-dealkylation sites (N-methyl/N-ethyl adjacent to an activating group) is 2. The summed E-state index contributed by atoms with van der Waals surface area (Å²) < 4.78 is 0. The first-order valence-electron chi connectivity index (χ1n) is 5.51. The van der Waals surface area contributed by atoms with Crippen LogP contribution in [0.4, 0.5) is 16.2 Å². The van der Waals surface area contributed by atoms with Gasteiger partial charge in [-0.05, 0) is 38.4 Å². The van der Waals surface area contributed by atoms with Crippen LogP contribution in [0.25, 0.3) is 0 Å². The summed E-state index contributed by atoms with van der Waals surface area (Å²) in [7, 11) is 5.73. The number of nitrogen functional groups attached to an aromatic ring is 1. The standard InChI is InChI=1S/C12H20N4O/c1-15(2)8-9-16(3)12(17)14-11-6-4-10(13)5-7-11/h4-7H,8-9,13H2,1-3H3,(H,14,17). The van der Waals surface area contributed by atoms with E-state index in [0.29, 0.717) is 12.2 Å². The molecular formula is C12H20N4O. The maximum atomic E-state index is 11.8. The first-order chi connectivity index (χ1) is 7.99. The van der Waals surface area contributed by atoms with Gasteiger partial charge >= 0.3 is 6.03 Å². The molecule has 0 saturated carbocycles. The summed E-state index contributed by atoms with van der Waals surface area (Å²) in [5.41, 5.74) is 7.00. The molecular weight excluding hydrogens is 216 g/mol. The lowest BCUT2D eigenvalue weighted by Crippen LogP contribution is -2.36. The van der Waals surface area contributed by atoms with E-state index >= 15 is 0 Å². The van der Waals surface area contributed by atoms with Crippen molar-refractivity contribution in [2.45, 2.75) is 0 Å². The number of hydrogen-bond donors (Lipinski definition) is 2. The molecule has 1 aromatic rings. The largest absolute Gasteiger partial charge is 0.399 e. The molecule has 0 radical (unpaired) electrons. The predicted molar refractivity (Wildman–Crippen MR) is 71.1 cm³/mol. The van der Waals surface area contributed by atoms with Gasteiger partial charge in [0.2, 0.25) is 0 Å². The first kappa shape index (κ1) is 13.3. The fourth-order valence-corrected chi connectivity index (χ4v) is 1.24. The lowest BCUT2D eigenvalue weighted by molar-refractivity contribution is 0.217. The SMILES string of the molecule is CN(C)CCN(C)C(=O)Nc1ccc(N)cc1. The van der Waals surface area contributed by atoms with E-state index in [0.717, 1.165) is 12.2 Å². The Morgan fingerprint density at radius 1 is 1.18 bits per heavy atom. The van der Waals surface area contributed by atoms with Crippen LogP contribution in [0.5, 0.6) is 0 Å². The molecule has 0 spiro atoms. The number of amides is 2. The van der Waals surface area contributed by atoms with E-state index in [2.05, 4.69) is 5.32 Å². The quantitative estimate of drug-likeness (QED) is 0.774. The third kappa shape index (κ3) is 4.74. The zero-order chi connectivity index (χ0) is 12.8. The van der Waals surface area contributed by atoms with Gasteiger partial charge in [-0.15, -0.1) is 0 Å². The monoisotopic (exact) mass is 236 g/mol. The molecule has 0 aliphatic heterocycles. The second-order valence-electron chi connectivity index (χ2n) is 4.28. The van der Waals surface area contributed by atoms with Crippen LogP contribution in [0.3, 0.4) is 0 Å². The van der Waals surface area contributed by atoms with E-state index in [9.17, 15) is 4.79 Å². The normalized spacial score (nSPS) is 10.4. The number of benzene rings is 1. The van der Waals surface area contributed by atoms with Crippen molar-refractivity contribution in [3.63, 3.8) is 0 Å². The maximum Gasteiger partial charge on any atom is 0.321 e. The van der Waals surface area contributed by atoms with Crippen LogP contribution in [0.2, 0.25) is 0 Å². The number of nitrogens with zero attached hydrogens (tertiary/aromatic N) is 2. The zero-order valence-corrected chi connectivity index (χ0v) is 10.6. The Hall–Kier alpha value is -1.75. The highest BCUT2D eigenvalue weighted by Gasteiger charge is 2.08. The van der Waals surface area contributed by atoms with Gasteiger partial charge in [-0.2, -0.15) is 0 Å². The van der Waals surface area contributed by atoms with Gasteiger partial charge in [0.1, 0.15) is 0 Å². The highest BCUT2D eigenvalue weighted by Crippen LogP contribution is 2.10. The van der Waals surface area contributed by atoms with E-state index < -0.39 is 0 Å². The molecule has 1 aromatic carbocycles. The van der Waals surface area contributed by atoms with E-state index in [1.807, 2.05) is 19.0 Å². The Bertz CT molecular complexity index is 361.